The van der Waals surface area contributed by atoms with Gasteiger partial charge < -0.3 is 11.5 Å². The number of nitrogens with zero attached hydrogens (tertiary/aromatic N) is 2. The van der Waals surface area contributed by atoms with Crippen molar-refractivity contribution in [2.75, 3.05) is 12.3 Å². The Bertz CT molecular complexity index is 690. The number of nitriles is 1. The third-order valence-corrected chi connectivity index (χ3v) is 3.66. The standard InChI is InChI=1S/C9H8N2O2.C9H14N2/c1-7(6-10)8-2-4-9(5-3-8)11(12)13;1-7(6-10)8-2-4-9(11)5-3-8/h2-5,7H,1H3;2-5,7H,6,10-11H2,1H3. The Morgan fingerprint density at radius 3 is 2.00 bits per heavy atom. The number of nitro benzene ring substituents is 1. The molecule has 6 heteroatoms. The Kier molecular flexibility index (Phi) is 7.40. The second-order valence-electron chi connectivity index (χ2n) is 5.50. The molecule has 4 N–H and O–H groups in total. The van der Waals surface area contributed by atoms with Crippen LogP contribution in [0.3, 0.4) is 0 Å². The first-order chi connectivity index (χ1) is 11.4. The Balaban J connectivity index is 0.000000243. The first-order valence-corrected chi connectivity index (χ1v) is 7.58. The summed E-state index contributed by atoms with van der Waals surface area (Å²) >= 11 is 0. The summed E-state index contributed by atoms with van der Waals surface area (Å²) in [6.45, 7) is 4.54. The number of rotatable bonds is 4. The van der Waals surface area contributed by atoms with Crippen molar-refractivity contribution in [1.82, 2.24) is 0 Å². The highest BCUT2D eigenvalue weighted by atomic mass is 16.6. The van der Waals surface area contributed by atoms with Crippen LogP contribution in [0.25, 0.3) is 0 Å². The van der Waals surface area contributed by atoms with Crippen LogP contribution in [0.4, 0.5) is 11.4 Å². The predicted molar refractivity (Wildman–Crippen MR) is 95.4 cm³/mol. The molecular formula is C18H22N4O2. The molecule has 0 aromatic heterocycles. The Labute approximate surface area is 141 Å². The molecule has 126 valence electrons. The lowest BCUT2D eigenvalue weighted by Gasteiger charge is -2.07. The number of nitrogens with two attached hydrogens (primary N) is 2. The van der Waals surface area contributed by atoms with E-state index in [0.717, 1.165) is 11.3 Å². The molecule has 0 aliphatic carbocycles. The molecule has 2 unspecified atom stereocenters. The van der Waals surface area contributed by atoms with Crippen molar-refractivity contribution in [3.05, 3.63) is 69.8 Å². The monoisotopic (exact) mass is 326 g/mol. The molecule has 2 rings (SSSR count). The first-order valence-electron chi connectivity index (χ1n) is 7.58. The Morgan fingerprint density at radius 2 is 1.58 bits per heavy atom. The van der Waals surface area contributed by atoms with Gasteiger partial charge in [-0.25, -0.2) is 0 Å². The summed E-state index contributed by atoms with van der Waals surface area (Å²) in [6.07, 6.45) is 0. The van der Waals surface area contributed by atoms with E-state index in [4.69, 9.17) is 16.7 Å². The van der Waals surface area contributed by atoms with Gasteiger partial charge in [0.05, 0.1) is 16.9 Å². The van der Waals surface area contributed by atoms with Gasteiger partial charge in [0.2, 0.25) is 0 Å². The van der Waals surface area contributed by atoms with Crippen molar-refractivity contribution in [2.24, 2.45) is 5.73 Å². The maximum absolute atomic E-state index is 10.3. The van der Waals surface area contributed by atoms with E-state index in [2.05, 4.69) is 13.0 Å². The molecule has 0 aliphatic heterocycles. The second-order valence-corrected chi connectivity index (χ2v) is 5.50. The van der Waals surface area contributed by atoms with E-state index in [-0.39, 0.29) is 11.6 Å². The summed E-state index contributed by atoms with van der Waals surface area (Å²) in [4.78, 5) is 9.83. The molecule has 2 aromatic carbocycles. The lowest BCUT2D eigenvalue weighted by molar-refractivity contribution is -0.384. The van der Waals surface area contributed by atoms with Crippen LogP contribution in [0.2, 0.25) is 0 Å². The molecule has 0 bridgehead atoms. The van der Waals surface area contributed by atoms with Crippen LogP contribution in [-0.2, 0) is 0 Å². The highest BCUT2D eigenvalue weighted by Crippen LogP contribution is 2.18. The largest absolute Gasteiger partial charge is 0.399 e. The van der Waals surface area contributed by atoms with Gasteiger partial charge in [-0.1, -0.05) is 31.2 Å². The quantitative estimate of drug-likeness (QED) is 0.506. The molecule has 0 saturated carbocycles. The molecule has 6 nitrogen and oxygen atoms in total. The minimum absolute atomic E-state index is 0.0499. The van der Waals surface area contributed by atoms with E-state index in [1.54, 1.807) is 19.1 Å². The van der Waals surface area contributed by atoms with Crippen LogP contribution in [-0.4, -0.2) is 11.5 Å². The molecule has 24 heavy (non-hydrogen) atoms. The summed E-state index contributed by atoms with van der Waals surface area (Å²) in [7, 11) is 0. The van der Waals surface area contributed by atoms with Crippen LogP contribution in [0.1, 0.15) is 36.8 Å². The van der Waals surface area contributed by atoms with Crippen molar-refractivity contribution >= 4 is 11.4 Å². The van der Waals surface area contributed by atoms with E-state index in [0.29, 0.717) is 12.5 Å². The molecular weight excluding hydrogens is 304 g/mol. The summed E-state index contributed by atoms with van der Waals surface area (Å²) in [5, 5.41) is 18.9. The topological polar surface area (TPSA) is 119 Å². The molecule has 0 fully saturated rings. The molecule has 0 saturated heterocycles. The van der Waals surface area contributed by atoms with Gasteiger partial charge in [-0.05, 0) is 42.6 Å². The van der Waals surface area contributed by atoms with E-state index >= 15 is 0 Å². The minimum atomic E-state index is -0.458. The fourth-order valence-corrected chi connectivity index (χ4v) is 1.92. The van der Waals surface area contributed by atoms with Gasteiger partial charge in [0, 0.05) is 17.8 Å². The van der Waals surface area contributed by atoms with Crippen LogP contribution in [0, 0.1) is 21.4 Å². The van der Waals surface area contributed by atoms with Gasteiger partial charge in [-0.2, -0.15) is 5.26 Å². The highest BCUT2D eigenvalue weighted by Gasteiger charge is 2.07. The van der Waals surface area contributed by atoms with Crippen molar-refractivity contribution in [3.8, 4) is 6.07 Å². The fraction of sp³-hybridized carbons (Fsp3) is 0.278. The van der Waals surface area contributed by atoms with Crippen molar-refractivity contribution in [2.45, 2.75) is 25.7 Å². The molecule has 0 heterocycles. The summed E-state index contributed by atoms with van der Waals surface area (Å²) < 4.78 is 0. The maximum atomic E-state index is 10.3. The van der Waals surface area contributed by atoms with Crippen LogP contribution in [0.5, 0.6) is 0 Å². The number of nitro groups is 1. The van der Waals surface area contributed by atoms with E-state index in [1.165, 1.54) is 17.7 Å². The minimum Gasteiger partial charge on any atom is -0.399 e. The predicted octanol–water partition coefficient (Wildman–Crippen LogP) is 3.55. The van der Waals surface area contributed by atoms with Gasteiger partial charge in [0.1, 0.15) is 0 Å². The fourth-order valence-electron chi connectivity index (χ4n) is 1.92. The normalized spacial score (nSPS) is 12.2. The Hall–Kier alpha value is -2.91. The number of hydrogen-bond acceptors (Lipinski definition) is 5. The zero-order valence-electron chi connectivity index (χ0n) is 13.8. The van der Waals surface area contributed by atoms with Crippen LogP contribution < -0.4 is 11.5 Å². The van der Waals surface area contributed by atoms with Crippen molar-refractivity contribution in [1.29, 1.82) is 5.26 Å². The lowest BCUT2D eigenvalue weighted by atomic mass is 10.0. The highest BCUT2D eigenvalue weighted by molar-refractivity contribution is 5.40. The SMILES string of the molecule is CC(C#N)c1ccc([N+](=O)[O-])cc1.CC(CN)c1ccc(N)cc1. The molecule has 2 atom stereocenters. The van der Waals surface area contributed by atoms with Crippen molar-refractivity contribution in [3.63, 3.8) is 0 Å². The number of nitrogen functional groups attached to an aromatic ring is 1. The smallest absolute Gasteiger partial charge is 0.269 e. The summed E-state index contributed by atoms with van der Waals surface area (Å²) in [6, 6.07) is 15.9. The van der Waals surface area contributed by atoms with Gasteiger partial charge >= 0.3 is 0 Å². The third kappa shape index (κ3) is 5.71. The van der Waals surface area contributed by atoms with Crippen molar-refractivity contribution < 1.29 is 4.92 Å². The molecule has 0 amide bonds. The number of anilines is 1. The average Bonchev–Trinajstić information content (AvgIpc) is 2.61. The number of hydrogen-bond donors (Lipinski definition) is 2. The number of benzene rings is 2. The second kappa shape index (κ2) is 9.28. The van der Waals surface area contributed by atoms with Gasteiger partial charge in [0.25, 0.3) is 5.69 Å². The number of non-ortho nitro benzene ring substituents is 1. The van der Waals surface area contributed by atoms with Gasteiger partial charge in [-0.15, -0.1) is 0 Å². The van der Waals surface area contributed by atoms with E-state index in [9.17, 15) is 10.1 Å². The van der Waals surface area contributed by atoms with E-state index in [1.807, 2.05) is 24.3 Å². The zero-order chi connectivity index (χ0) is 18.1. The molecule has 0 spiro atoms. The lowest BCUT2D eigenvalue weighted by Crippen LogP contribution is -2.08. The first kappa shape index (κ1) is 19.1. The van der Waals surface area contributed by atoms with Gasteiger partial charge in [0.15, 0.2) is 0 Å². The average molecular weight is 326 g/mol. The molecule has 2 aromatic rings. The molecule has 0 aliphatic rings. The summed E-state index contributed by atoms with van der Waals surface area (Å²) in [5.74, 6) is 0.205. The van der Waals surface area contributed by atoms with E-state index < -0.39 is 4.92 Å². The van der Waals surface area contributed by atoms with Crippen LogP contribution >= 0.6 is 0 Å². The van der Waals surface area contributed by atoms with Gasteiger partial charge in [-0.3, -0.25) is 10.1 Å². The molecule has 0 radical (unpaired) electrons. The summed E-state index contributed by atoms with van der Waals surface area (Å²) in [5.41, 5.74) is 14.0. The zero-order valence-corrected chi connectivity index (χ0v) is 13.8. The van der Waals surface area contributed by atoms with Crippen LogP contribution in [0.15, 0.2) is 48.5 Å². The third-order valence-electron chi connectivity index (χ3n) is 3.66. The Morgan fingerprint density at radius 1 is 1.08 bits per heavy atom. The maximum Gasteiger partial charge on any atom is 0.269 e.